The fraction of sp³-hybridized carbons (Fsp3) is 0.333. The topological polar surface area (TPSA) is 119 Å². The second-order valence-corrected chi connectivity index (χ2v) is 6.87. The Kier molecular flexibility index (Phi) is 10.5. The first-order valence-electron chi connectivity index (χ1n) is 10.6. The zero-order valence-corrected chi connectivity index (χ0v) is 18.7. The average molecular weight is 453 g/mol. The summed E-state index contributed by atoms with van der Waals surface area (Å²) >= 11 is 0. The van der Waals surface area contributed by atoms with Crippen molar-refractivity contribution in [1.29, 1.82) is 0 Å². The summed E-state index contributed by atoms with van der Waals surface area (Å²) in [6.07, 6.45) is -0.442. The van der Waals surface area contributed by atoms with E-state index in [2.05, 4.69) is 4.79 Å². The fourth-order valence-electron chi connectivity index (χ4n) is 2.94. The lowest BCUT2D eigenvalue weighted by molar-refractivity contribution is -0.217. The summed E-state index contributed by atoms with van der Waals surface area (Å²) in [6, 6.07) is 18.3. The van der Waals surface area contributed by atoms with Gasteiger partial charge in [-0.15, -0.1) is 0 Å². The van der Waals surface area contributed by atoms with Crippen LogP contribution in [0.1, 0.15) is 31.4 Å². The Morgan fingerprint density at radius 2 is 1.48 bits per heavy atom. The molecule has 2 rings (SSSR count). The minimum absolute atomic E-state index is 0.0206. The molecule has 1 amide bonds. The van der Waals surface area contributed by atoms with Gasteiger partial charge in [0.25, 0.3) is 0 Å². The van der Waals surface area contributed by atoms with E-state index in [1.165, 1.54) is 0 Å². The van der Waals surface area contributed by atoms with Crippen molar-refractivity contribution in [3.8, 4) is 0 Å². The van der Waals surface area contributed by atoms with E-state index in [9.17, 15) is 19.9 Å². The maximum Gasteiger partial charge on any atom is 0.465 e. The summed E-state index contributed by atoms with van der Waals surface area (Å²) < 4.78 is 9.91. The normalized spacial score (nSPS) is 11.1. The van der Waals surface area contributed by atoms with Crippen molar-refractivity contribution in [1.82, 2.24) is 5.06 Å². The number of nitrogens with zero attached hydrogens (tertiary/aromatic N) is 3. The Balaban J connectivity index is 2.30. The smallest absolute Gasteiger partial charge is 0.464 e. The minimum Gasteiger partial charge on any atom is -0.464 e. The number of hydrogen-bond acceptors (Lipinski definition) is 6. The van der Waals surface area contributed by atoms with E-state index in [1.54, 1.807) is 44.2 Å². The summed E-state index contributed by atoms with van der Waals surface area (Å²) in [4.78, 5) is 46.3. The van der Waals surface area contributed by atoms with Gasteiger partial charge in [0.15, 0.2) is 6.10 Å². The maximum atomic E-state index is 13.0. The average Bonchev–Trinajstić information content (AvgIpc) is 2.83. The maximum absolute atomic E-state index is 13.0. The van der Waals surface area contributed by atoms with Gasteiger partial charge in [0.2, 0.25) is 0 Å². The Morgan fingerprint density at radius 3 is 2.03 bits per heavy atom. The van der Waals surface area contributed by atoms with Gasteiger partial charge in [-0.3, -0.25) is 9.63 Å². The molecular formula is C24H27N3O6. The number of benzene rings is 2. The van der Waals surface area contributed by atoms with E-state index in [0.29, 0.717) is 12.0 Å². The highest BCUT2D eigenvalue weighted by molar-refractivity contribution is 6.61. The summed E-state index contributed by atoms with van der Waals surface area (Å²) in [6.45, 7) is 3.21. The number of carbonyl (C=O) groups is 3. The monoisotopic (exact) mass is 453 g/mol. The third-order valence-electron chi connectivity index (χ3n) is 4.51. The molecule has 0 fully saturated rings. The molecule has 0 N–H and O–H groups in total. The molecule has 0 saturated carbocycles. The first-order chi connectivity index (χ1) is 16.0. The Hall–Kier alpha value is -3.81. The predicted octanol–water partition coefficient (Wildman–Crippen LogP) is 2.75. The molecule has 174 valence electrons. The SMILES string of the molecule is CCOC(=O)C(=[N+]=[N-])C(=O)N(Cc1ccccc1)OC(CCc1ccccc1)C(=O)OCC. The van der Waals surface area contributed by atoms with Gasteiger partial charge in [-0.1, -0.05) is 60.7 Å². The quantitative estimate of drug-likeness (QED) is 0.122. The van der Waals surface area contributed by atoms with Crippen molar-refractivity contribution < 1.29 is 33.5 Å². The van der Waals surface area contributed by atoms with Crippen molar-refractivity contribution in [2.45, 2.75) is 39.3 Å². The number of carbonyl (C=O) groups excluding carboxylic acids is 3. The molecule has 0 spiro atoms. The van der Waals surface area contributed by atoms with Gasteiger partial charge in [-0.25, -0.2) is 14.7 Å². The second kappa shape index (κ2) is 13.6. The van der Waals surface area contributed by atoms with Crippen LogP contribution in [0.3, 0.4) is 0 Å². The molecule has 1 unspecified atom stereocenters. The summed E-state index contributed by atoms with van der Waals surface area (Å²) in [5.74, 6) is -2.81. The van der Waals surface area contributed by atoms with Crippen molar-refractivity contribution >= 4 is 23.6 Å². The standard InChI is InChI=1S/C24H27N3O6/c1-3-31-23(29)20(16-15-18-11-7-5-8-12-18)33-27(17-19-13-9-6-10-14-19)22(28)21(26-25)24(30)32-4-2/h5-14,20H,3-4,15-17H2,1-2H3. The van der Waals surface area contributed by atoms with E-state index in [0.717, 1.165) is 10.6 Å². The van der Waals surface area contributed by atoms with Crippen molar-refractivity contribution in [2.75, 3.05) is 13.2 Å². The zero-order chi connectivity index (χ0) is 24.1. The van der Waals surface area contributed by atoms with E-state index in [1.807, 2.05) is 30.3 Å². The van der Waals surface area contributed by atoms with Crippen LogP contribution < -0.4 is 0 Å². The molecule has 0 bridgehead atoms. The molecule has 0 aliphatic rings. The van der Waals surface area contributed by atoms with Crippen LogP contribution in [0.5, 0.6) is 0 Å². The highest BCUT2D eigenvalue weighted by atomic mass is 16.7. The van der Waals surface area contributed by atoms with Gasteiger partial charge in [0.05, 0.1) is 19.8 Å². The highest BCUT2D eigenvalue weighted by Gasteiger charge is 2.38. The molecule has 9 nitrogen and oxygen atoms in total. The van der Waals surface area contributed by atoms with E-state index < -0.39 is 29.7 Å². The molecule has 2 aromatic carbocycles. The van der Waals surface area contributed by atoms with Crippen molar-refractivity contribution in [3.63, 3.8) is 0 Å². The molecule has 0 aliphatic carbocycles. The molecule has 0 aliphatic heterocycles. The Bertz CT molecular complexity index is 974. The van der Waals surface area contributed by atoms with Crippen molar-refractivity contribution in [2.24, 2.45) is 0 Å². The lowest BCUT2D eigenvalue weighted by Crippen LogP contribution is -2.45. The van der Waals surface area contributed by atoms with Crippen LogP contribution in [0.15, 0.2) is 60.7 Å². The molecule has 0 saturated heterocycles. The second-order valence-electron chi connectivity index (χ2n) is 6.87. The van der Waals surface area contributed by atoms with Crippen LogP contribution in [0, 0.1) is 0 Å². The van der Waals surface area contributed by atoms with Gasteiger partial charge in [-0.05, 0) is 37.8 Å². The van der Waals surface area contributed by atoms with Gasteiger partial charge in [0.1, 0.15) is 0 Å². The van der Waals surface area contributed by atoms with E-state index >= 15 is 0 Å². The number of hydrogen-bond donors (Lipinski definition) is 0. The summed E-state index contributed by atoms with van der Waals surface area (Å²) in [5.41, 5.74) is 10.1. The first kappa shape index (κ1) is 25.5. The van der Waals surface area contributed by atoms with Crippen LogP contribution in [-0.4, -0.2) is 52.7 Å². The lowest BCUT2D eigenvalue weighted by atomic mass is 10.1. The third kappa shape index (κ3) is 7.99. The molecule has 0 heterocycles. The lowest BCUT2D eigenvalue weighted by Gasteiger charge is -2.25. The van der Waals surface area contributed by atoms with Crippen LogP contribution >= 0.6 is 0 Å². The van der Waals surface area contributed by atoms with Crippen LogP contribution in [0.25, 0.3) is 5.53 Å². The Labute approximate surface area is 192 Å². The van der Waals surface area contributed by atoms with E-state index in [-0.39, 0.29) is 26.2 Å². The molecule has 0 aromatic heterocycles. The predicted molar refractivity (Wildman–Crippen MR) is 119 cm³/mol. The third-order valence-corrected chi connectivity index (χ3v) is 4.51. The van der Waals surface area contributed by atoms with Crippen LogP contribution in [0.2, 0.25) is 0 Å². The molecule has 2 aromatic rings. The highest BCUT2D eigenvalue weighted by Crippen LogP contribution is 2.14. The Morgan fingerprint density at radius 1 is 0.909 bits per heavy atom. The van der Waals surface area contributed by atoms with Crippen LogP contribution in [-0.2, 0) is 41.7 Å². The van der Waals surface area contributed by atoms with Crippen molar-refractivity contribution in [3.05, 3.63) is 77.3 Å². The molecule has 9 heteroatoms. The number of hydroxylamine groups is 2. The molecule has 0 radical (unpaired) electrons. The zero-order valence-electron chi connectivity index (χ0n) is 18.7. The first-order valence-corrected chi connectivity index (χ1v) is 10.6. The molecule has 33 heavy (non-hydrogen) atoms. The summed E-state index contributed by atoms with van der Waals surface area (Å²) in [5, 5.41) is 0.813. The summed E-state index contributed by atoms with van der Waals surface area (Å²) in [7, 11) is 0. The van der Waals surface area contributed by atoms with Gasteiger partial charge in [-0.2, -0.15) is 4.79 Å². The van der Waals surface area contributed by atoms with Gasteiger partial charge >= 0.3 is 23.6 Å². The fourth-order valence-corrected chi connectivity index (χ4v) is 2.94. The molecular weight excluding hydrogens is 426 g/mol. The van der Waals surface area contributed by atoms with Gasteiger partial charge in [0, 0.05) is 0 Å². The van der Waals surface area contributed by atoms with Crippen LogP contribution in [0.4, 0.5) is 0 Å². The number of esters is 2. The van der Waals surface area contributed by atoms with Gasteiger partial charge < -0.3 is 15.0 Å². The number of aryl methyl sites for hydroxylation is 1. The minimum atomic E-state index is -1.14. The molecule has 1 atom stereocenters. The number of rotatable bonds is 12. The largest absolute Gasteiger partial charge is 0.465 e. The number of amides is 1. The number of ether oxygens (including phenoxy) is 2. The van der Waals surface area contributed by atoms with E-state index in [4.69, 9.17) is 14.3 Å².